The highest BCUT2D eigenvalue weighted by Crippen LogP contribution is 2.27. The number of benzene rings is 1. The third kappa shape index (κ3) is 1.96. The van der Waals surface area contributed by atoms with Gasteiger partial charge in [-0.3, -0.25) is 4.57 Å². The Morgan fingerprint density at radius 2 is 2.11 bits per heavy atom. The van der Waals surface area contributed by atoms with Crippen molar-refractivity contribution in [2.24, 2.45) is 0 Å². The maximum Gasteiger partial charge on any atom is 0.208 e. The average Bonchev–Trinajstić information content (AvgIpc) is 3.06. The van der Waals surface area contributed by atoms with Gasteiger partial charge in [0.1, 0.15) is 0 Å². The molecule has 3 nitrogen and oxygen atoms in total. The van der Waals surface area contributed by atoms with Gasteiger partial charge in [-0.1, -0.05) is 6.07 Å². The van der Waals surface area contributed by atoms with E-state index in [4.69, 9.17) is 0 Å². The molecule has 1 heterocycles. The van der Waals surface area contributed by atoms with Crippen molar-refractivity contribution in [1.29, 1.82) is 0 Å². The molecule has 1 N–H and O–H groups in total. The lowest BCUT2D eigenvalue weighted by molar-refractivity contribution is 0.504. The molecule has 1 aliphatic carbocycles. The minimum atomic E-state index is -0.853. The normalized spacial score (nSPS) is 14.8. The lowest BCUT2D eigenvalue weighted by Gasteiger charge is -2.10. The number of nitrogens with one attached hydrogen (secondary N) is 1. The van der Waals surface area contributed by atoms with E-state index in [1.807, 2.05) is 6.92 Å². The number of imidazole rings is 1. The van der Waals surface area contributed by atoms with Gasteiger partial charge in [-0.2, -0.15) is 0 Å². The molecule has 0 radical (unpaired) electrons. The Balaban J connectivity index is 2.06. The van der Waals surface area contributed by atoms with Gasteiger partial charge >= 0.3 is 0 Å². The first-order chi connectivity index (χ1) is 8.65. The molecular formula is C13H13F2N3. The summed E-state index contributed by atoms with van der Waals surface area (Å²) in [6, 6.07) is 4.54. The lowest BCUT2D eigenvalue weighted by Crippen LogP contribution is -2.09. The molecule has 0 bridgehead atoms. The Kier molecular flexibility index (Phi) is 2.54. The van der Waals surface area contributed by atoms with Crippen LogP contribution in [0.15, 0.2) is 24.4 Å². The average molecular weight is 249 g/mol. The second-order valence-corrected chi connectivity index (χ2v) is 4.57. The summed E-state index contributed by atoms with van der Waals surface area (Å²) in [4.78, 5) is 4.30. The van der Waals surface area contributed by atoms with Crippen molar-refractivity contribution < 1.29 is 8.78 Å². The Morgan fingerprint density at radius 3 is 2.83 bits per heavy atom. The summed E-state index contributed by atoms with van der Waals surface area (Å²) >= 11 is 0. The Hall–Kier alpha value is -1.91. The van der Waals surface area contributed by atoms with Crippen molar-refractivity contribution in [3.05, 3.63) is 41.7 Å². The zero-order valence-electron chi connectivity index (χ0n) is 9.95. The van der Waals surface area contributed by atoms with Crippen LogP contribution in [0.1, 0.15) is 18.5 Å². The molecule has 1 aromatic heterocycles. The fraction of sp³-hybridized carbons (Fsp3) is 0.308. The van der Waals surface area contributed by atoms with Gasteiger partial charge in [-0.05, 0) is 31.9 Å². The summed E-state index contributed by atoms with van der Waals surface area (Å²) in [6.07, 6.45) is 3.89. The molecule has 94 valence electrons. The van der Waals surface area contributed by atoms with Gasteiger partial charge in [0.2, 0.25) is 5.95 Å². The molecule has 1 saturated carbocycles. The number of halogens is 2. The highest BCUT2D eigenvalue weighted by atomic mass is 19.2. The zero-order valence-corrected chi connectivity index (χ0v) is 9.95. The van der Waals surface area contributed by atoms with E-state index < -0.39 is 11.6 Å². The van der Waals surface area contributed by atoms with Gasteiger partial charge < -0.3 is 5.32 Å². The maximum absolute atomic E-state index is 13.8. The predicted octanol–water partition coefficient (Wildman–Crippen LogP) is 3.03. The predicted molar refractivity (Wildman–Crippen MR) is 64.9 cm³/mol. The second kappa shape index (κ2) is 4.08. The highest BCUT2D eigenvalue weighted by molar-refractivity contribution is 5.45. The molecule has 1 aromatic carbocycles. The SMILES string of the molecule is Cc1cn(-c2cccc(F)c2F)c(NC2CC2)n1. The molecule has 5 heteroatoms. The van der Waals surface area contributed by atoms with Crippen molar-refractivity contribution in [2.45, 2.75) is 25.8 Å². The molecule has 0 aliphatic heterocycles. The number of aromatic nitrogens is 2. The Morgan fingerprint density at radius 1 is 1.33 bits per heavy atom. The van der Waals surface area contributed by atoms with Crippen LogP contribution in [-0.4, -0.2) is 15.6 Å². The Bertz CT molecular complexity index is 588. The molecule has 18 heavy (non-hydrogen) atoms. The third-order valence-corrected chi connectivity index (χ3v) is 2.93. The van der Waals surface area contributed by atoms with E-state index in [1.54, 1.807) is 10.8 Å². The molecular weight excluding hydrogens is 236 g/mol. The molecule has 0 saturated heterocycles. The monoisotopic (exact) mass is 249 g/mol. The number of hydrogen-bond acceptors (Lipinski definition) is 2. The van der Waals surface area contributed by atoms with Gasteiger partial charge in [-0.25, -0.2) is 13.8 Å². The van der Waals surface area contributed by atoms with Crippen molar-refractivity contribution in [3.8, 4) is 5.69 Å². The number of hydrogen-bond donors (Lipinski definition) is 1. The highest BCUT2D eigenvalue weighted by Gasteiger charge is 2.24. The number of nitrogens with zero attached hydrogens (tertiary/aromatic N) is 2. The molecule has 1 fully saturated rings. The van der Waals surface area contributed by atoms with Gasteiger partial charge in [0.05, 0.1) is 11.4 Å². The van der Waals surface area contributed by atoms with Crippen LogP contribution in [0.2, 0.25) is 0 Å². The minimum absolute atomic E-state index is 0.179. The second-order valence-electron chi connectivity index (χ2n) is 4.57. The number of rotatable bonds is 3. The summed E-state index contributed by atoms with van der Waals surface area (Å²) in [5.41, 5.74) is 0.945. The van der Waals surface area contributed by atoms with Gasteiger partial charge in [0, 0.05) is 12.2 Å². The van der Waals surface area contributed by atoms with E-state index in [9.17, 15) is 8.78 Å². The summed E-state index contributed by atoms with van der Waals surface area (Å²) in [6.45, 7) is 1.83. The summed E-state index contributed by atoms with van der Waals surface area (Å²) < 4.78 is 28.6. The first-order valence-electron chi connectivity index (χ1n) is 5.92. The standard InChI is InChI=1S/C13H13F2N3/c1-8-7-18(13(16-8)17-9-5-6-9)11-4-2-3-10(14)12(11)15/h2-4,7,9H,5-6H2,1H3,(H,16,17). The van der Waals surface area contributed by atoms with Crippen LogP contribution in [0.5, 0.6) is 0 Å². The van der Waals surface area contributed by atoms with Crippen LogP contribution in [0.25, 0.3) is 5.69 Å². The fourth-order valence-electron chi connectivity index (χ4n) is 1.87. The third-order valence-electron chi connectivity index (χ3n) is 2.93. The van der Waals surface area contributed by atoms with Crippen LogP contribution in [0.4, 0.5) is 14.7 Å². The van der Waals surface area contributed by atoms with Crippen molar-refractivity contribution >= 4 is 5.95 Å². The largest absolute Gasteiger partial charge is 0.353 e. The van der Waals surface area contributed by atoms with Crippen LogP contribution >= 0.6 is 0 Å². The van der Waals surface area contributed by atoms with Crippen LogP contribution in [-0.2, 0) is 0 Å². The smallest absolute Gasteiger partial charge is 0.208 e. The van der Waals surface area contributed by atoms with Crippen LogP contribution in [0, 0.1) is 18.6 Å². The summed E-state index contributed by atoms with van der Waals surface area (Å²) in [5, 5.41) is 3.21. The van der Waals surface area contributed by atoms with E-state index in [-0.39, 0.29) is 5.69 Å². The minimum Gasteiger partial charge on any atom is -0.353 e. The molecule has 1 aliphatic rings. The van der Waals surface area contributed by atoms with Gasteiger partial charge in [0.15, 0.2) is 11.6 Å². The zero-order chi connectivity index (χ0) is 12.7. The lowest BCUT2D eigenvalue weighted by atomic mass is 10.3. The number of aryl methyl sites for hydroxylation is 1. The molecule has 0 atom stereocenters. The van der Waals surface area contributed by atoms with Crippen LogP contribution < -0.4 is 5.32 Å². The molecule has 0 unspecified atom stereocenters. The first kappa shape index (κ1) is 11.2. The first-order valence-corrected chi connectivity index (χ1v) is 5.92. The molecule has 3 rings (SSSR count). The maximum atomic E-state index is 13.8. The number of anilines is 1. The van der Waals surface area contributed by atoms with Gasteiger partial charge in [-0.15, -0.1) is 0 Å². The van der Waals surface area contributed by atoms with Crippen molar-refractivity contribution in [2.75, 3.05) is 5.32 Å². The summed E-state index contributed by atoms with van der Waals surface area (Å²) in [5.74, 6) is -1.13. The van der Waals surface area contributed by atoms with Crippen molar-refractivity contribution in [3.63, 3.8) is 0 Å². The summed E-state index contributed by atoms with van der Waals surface area (Å²) in [7, 11) is 0. The van der Waals surface area contributed by atoms with E-state index in [0.29, 0.717) is 12.0 Å². The van der Waals surface area contributed by atoms with E-state index in [0.717, 1.165) is 24.6 Å². The molecule has 2 aromatic rings. The van der Waals surface area contributed by atoms with Gasteiger partial charge in [0.25, 0.3) is 0 Å². The van der Waals surface area contributed by atoms with E-state index in [1.165, 1.54) is 12.1 Å². The van der Waals surface area contributed by atoms with E-state index in [2.05, 4.69) is 10.3 Å². The topological polar surface area (TPSA) is 29.9 Å². The van der Waals surface area contributed by atoms with Crippen molar-refractivity contribution in [1.82, 2.24) is 9.55 Å². The quantitative estimate of drug-likeness (QED) is 0.906. The molecule has 0 amide bonds. The van der Waals surface area contributed by atoms with E-state index >= 15 is 0 Å². The Labute approximate surface area is 103 Å². The fourth-order valence-corrected chi connectivity index (χ4v) is 1.87. The molecule has 0 spiro atoms. The van der Waals surface area contributed by atoms with Crippen LogP contribution in [0.3, 0.4) is 0 Å².